The molecule has 0 saturated carbocycles. The molecule has 5 nitrogen and oxygen atoms in total. The van der Waals surface area contributed by atoms with Crippen molar-refractivity contribution < 1.29 is 0 Å². The van der Waals surface area contributed by atoms with E-state index in [9.17, 15) is 0 Å². The van der Waals surface area contributed by atoms with E-state index >= 15 is 0 Å². The zero-order chi connectivity index (χ0) is 13.7. The van der Waals surface area contributed by atoms with Gasteiger partial charge in [-0.3, -0.25) is 4.68 Å². The van der Waals surface area contributed by atoms with Gasteiger partial charge in [-0.1, -0.05) is 12.1 Å². The first-order valence-electron chi connectivity index (χ1n) is 6.55. The maximum absolute atomic E-state index is 5.63. The Bertz CT molecular complexity index is 520. The third-order valence-corrected chi connectivity index (χ3v) is 3.14. The van der Waals surface area contributed by atoms with Gasteiger partial charge < -0.3 is 10.6 Å². The Morgan fingerprint density at radius 2 is 2.21 bits per heavy atom. The highest BCUT2D eigenvalue weighted by Crippen LogP contribution is 2.18. The first-order valence-corrected chi connectivity index (χ1v) is 6.55. The van der Waals surface area contributed by atoms with Crippen molar-refractivity contribution in [1.82, 2.24) is 14.8 Å². The first kappa shape index (κ1) is 13.5. The van der Waals surface area contributed by atoms with Crippen LogP contribution in [0, 0.1) is 6.92 Å². The van der Waals surface area contributed by atoms with Crippen LogP contribution in [0.5, 0.6) is 0 Å². The largest absolute Gasteiger partial charge is 0.364 e. The zero-order valence-electron chi connectivity index (χ0n) is 11.6. The van der Waals surface area contributed by atoms with Crippen LogP contribution >= 0.6 is 0 Å². The van der Waals surface area contributed by atoms with Gasteiger partial charge in [0.05, 0.1) is 6.54 Å². The summed E-state index contributed by atoms with van der Waals surface area (Å²) >= 11 is 0. The number of nitrogens with two attached hydrogens (primary N) is 1. The van der Waals surface area contributed by atoms with E-state index < -0.39 is 0 Å². The van der Waals surface area contributed by atoms with Crippen LogP contribution < -0.4 is 10.6 Å². The van der Waals surface area contributed by atoms with E-state index in [0.29, 0.717) is 6.54 Å². The van der Waals surface area contributed by atoms with Crippen molar-refractivity contribution in [3.05, 3.63) is 42.0 Å². The highest BCUT2D eigenvalue weighted by molar-refractivity contribution is 5.48. The Morgan fingerprint density at radius 3 is 2.84 bits per heavy atom. The summed E-state index contributed by atoms with van der Waals surface area (Å²) in [7, 11) is 1.92. The maximum Gasteiger partial charge on any atom is 0.146 e. The molecule has 0 fully saturated rings. The number of hydrogen-bond donors (Lipinski definition) is 1. The summed E-state index contributed by atoms with van der Waals surface area (Å²) in [6.45, 7) is 4.47. The van der Waals surface area contributed by atoms with Crippen LogP contribution in [0.25, 0.3) is 0 Å². The van der Waals surface area contributed by atoms with Crippen LogP contribution in [0.4, 0.5) is 5.69 Å². The van der Waals surface area contributed by atoms with E-state index in [1.165, 1.54) is 11.3 Å². The standard InChI is InChI=1S/C14H21N5/c1-12-5-3-6-13(9-12)19(8-4-7-15)10-14-16-11-17-18(14)2/h3,5-6,9,11H,4,7-8,10,15H2,1-2H3. The van der Waals surface area contributed by atoms with Crippen LogP contribution in [0.2, 0.25) is 0 Å². The molecule has 0 amide bonds. The van der Waals surface area contributed by atoms with Crippen molar-refractivity contribution in [3.8, 4) is 0 Å². The predicted molar refractivity (Wildman–Crippen MR) is 76.9 cm³/mol. The van der Waals surface area contributed by atoms with Crippen molar-refractivity contribution in [2.24, 2.45) is 12.8 Å². The molecule has 0 saturated heterocycles. The number of nitrogens with zero attached hydrogens (tertiary/aromatic N) is 4. The van der Waals surface area contributed by atoms with Gasteiger partial charge >= 0.3 is 0 Å². The number of hydrogen-bond acceptors (Lipinski definition) is 4. The summed E-state index contributed by atoms with van der Waals surface area (Å²) in [5, 5.41) is 4.12. The Hall–Kier alpha value is -1.88. The third-order valence-electron chi connectivity index (χ3n) is 3.14. The second kappa shape index (κ2) is 6.33. The van der Waals surface area contributed by atoms with Gasteiger partial charge in [0.1, 0.15) is 12.2 Å². The van der Waals surface area contributed by atoms with Crippen LogP contribution in [-0.2, 0) is 13.6 Å². The Morgan fingerprint density at radius 1 is 1.37 bits per heavy atom. The molecular formula is C14H21N5. The van der Waals surface area contributed by atoms with Gasteiger partial charge in [-0.05, 0) is 37.6 Å². The van der Waals surface area contributed by atoms with Crippen molar-refractivity contribution in [2.75, 3.05) is 18.0 Å². The number of anilines is 1. The van der Waals surface area contributed by atoms with Gasteiger partial charge in [0.15, 0.2) is 0 Å². The summed E-state index contributed by atoms with van der Waals surface area (Å²) in [5.74, 6) is 0.957. The summed E-state index contributed by atoms with van der Waals surface area (Å²) in [5.41, 5.74) is 8.09. The summed E-state index contributed by atoms with van der Waals surface area (Å²) in [6.07, 6.45) is 2.55. The lowest BCUT2D eigenvalue weighted by atomic mass is 10.2. The van der Waals surface area contributed by atoms with Crippen LogP contribution in [-0.4, -0.2) is 27.9 Å². The molecule has 0 aliphatic heterocycles. The van der Waals surface area contributed by atoms with E-state index in [4.69, 9.17) is 5.73 Å². The van der Waals surface area contributed by atoms with Gasteiger partial charge in [-0.15, -0.1) is 0 Å². The molecule has 1 heterocycles. The van der Waals surface area contributed by atoms with E-state index in [-0.39, 0.29) is 0 Å². The molecule has 19 heavy (non-hydrogen) atoms. The highest BCUT2D eigenvalue weighted by Gasteiger charge is 2.10. The van der Waals surface area contributed by atoms with E-state index in [1.807, 2.05) is 11.7 Å². The zero-order valence-corrected chi connectivity index (χ0v) is 11.6. The Kier molecular flexibility index (Phi) is 4.52. The van der Waals surface area contributed by atoms with Crippen LogP contribution in [0.15, 0.2) is 30.6 Å². The number of benzene rings is 1. The molecule has 0 radical (unpaired) electrons. The minimum absolute atomic E-state index is 0.696. The quantitative estimate of drug-likeness (QED) is 0.853. The van der Waals surface area contributed by atoms with Gasteiger partial charge in [-0.25, -0.2) is 4.98 Å². The topological polar surface area (TPSA) is 60.0 Å². The van der Waals surface area contributed by atoms with Gasteiger partial charge in [0.2, 0.25) is 0 Å². The molecule has 0 bridgehead atoms. The fourth-order valence-corrected chi connectivity index (χ4v) is 2.04. The van der Waals surface area contributed by atoms with Crippen LogP contribution in [0.1, 0.15) is 17.8 Å². The maximum atomic E-state index is 5.63. The van der Waals surface area contributed by atoms with E-state index in [0.717, 1.165) is 25.3 Å². The number of rotatable bonds is 6. The molecule has 102 valence electrons. The molecule has 5 heteroatoms. The van der Waals surface area contributed by atoms with Crippen LogP contribution in [0.3, 0.4) is 0 Å². The molecule has 1 aromatic heterocycles. The minimum Gasteiger partial charge on any atom is -0.364 e. The lowest BCUT2D eigenvalue weighted by molar-refractivity contribution is 0.655. The molecule has 0 unspecified atom stereocenters. The highest BCUT2D eigenvalue weighted by atomic mass is 15.3. The summed E-state index contributed by atoms with van der Waals surface area (Å²) in [4.78, 5) is 6.59. The van der Waals surface area contributed by atoms with Gasteiger partial charge in [0.25, 0.3) is 0 Å². The normalized spacial score (nSPS) is 10.7. The van der Waals surface area contributed by atoms with E-state index in [1.54, 1.807) is 6.33 Å². The van der Waals surface area contributed by atoms with Crippen molar-refractivity contribution in [1.29, 1.82) is 0 Å². The molecule has 1 aromatic carbocycles. The second-order valence-corrected chi connectivity index (χ2v) is 4.70. The van der Waals surface area contributed by atoms with Gasteiger partial charge in [0, 0.05) is 19.3 Å². The summed E-state index contributed by atoms with van der Waals surface area (Å²) in [6, 6.07) is 8.50. The average Bonchev–Trinajstić information content (AvgIpc) is 2.80. The van der Waals surface area contributed by atoms with E-state index in [2.05, 4.69) is 46.2 Å². The predicted octanol–water partition coefficient (Wildman–Crippen LogP) is 1.48. The molecule has 0 aliphatic rings. The SMILES string of the molecule is Cc1cccc(N(CCCN)Cc2ncnn2C)c1. The van der Waals surface area contributed by atoms with Crippen molar-refractivity contribution in [3.63, 3.8) is 0 Å². The van der Waals surface area contributed by atoms with Crippen molar-refractivity contribution >= 4 is 5.69 Å². The molecule has 0 spiro atoms. The molecule has 2 aromatic rings. The lowest BCUT2D eigenvalue weighted by Gasteiger charge is -2.24. The molecule has 0 atom stereocenters. The molecule has 0 aliphatic carbocycles. The fourth-order valence-electron chi connectivity index (χ4n) is 2.04. The second-order valence-electron chi connectivity index (χ2n) is 4.70. The Labute approximate surface area is 114 Å². The Balaban J connectivity index is 2.18. The number of aryl methyl sites for hydroxylation is 2. The minimum atomic E-state index is 0.696. The third kappa shape index (κ3) is 3.54. The first-order chi connectivity index (χ1) is 9.20. The van der Waals surface area contributed by atoms with Gasteiger partial charge in [-0.2, -0.15) is 5.10 Å². The average molecular weight is 259 g/mol. The molecule has 2 rings (SSSR count). The summed E-state index contributed by atoms with van der Waals surface area (Å²) < 4.78 is 1.81. The molecular weight excluding hydrogens is 238 g/mol. The number of aromatic nitrogens is 3. The van der Waals surface area contributed by atoms with Crippen molar-refractivity contribution in [2.45, 2.75) is 19.9 Å². The monoisotopic (exact) mass is 259 g/mol. The molecule has 2 N–H and O–H groups in total. The lowest BCUT2D eigenvalue weighted by Crippen LogP contribution is -2.27. The smallest absolute Gasteiger partial charge is 0.146 e. The fraction of sp³-hybridized carbons (Fsp3) is 0.429.